The minimum absolute atomic E-state index is 0.0960. The number of benzene rings is 1. The number of carboxylic acids is 1. The number of hydrogen-bond donors (Lipinski definition) is 1. The first-order valence-corrected chi connectivity index (χ1v) is 4.82. The summed E-state index contributed by atoms with van der Waals surface area (Å²) in [4.78, 5) is 10.4. The highest BCUT2D eigenvalue weighted by molar-refractivity contribution is 5.68. The minimum atomic E-state index is -1.14. The molecule has 1 aromatic carbocycles. The van der Waals surface area contributed by atoms with Crippen molar-refractivity contribution in [3.8, 4) is 5.75 Å². The summed E-state index contributed by atoms with van der Waals surface area (Å²) in [5, 5.41) is 19.9. The summed E-state index contributed by atoms with van der Waals surface area (Å²) in [6.07, 6.45) is -0.169. The Labute approximate surface area is 89.4 Å². The summed E-state index contributed by atoms with van der Waals surface area (Å²) in [7, 11) is 0. The van der Waals surface area contributed by atoms with E-state index < -0.39 is 5.97 Å². The summed E-state index contributed by atoms with van der Waals surface area (Å²) < 4.78 is 0. The molecular formula is C12H15O3-. The van der Waals surface area contributed by atoms with Crippen molar-refractivity contribution in [2.75, 3.05) is 0 Å². The highest BCUT2D eigenvalue weighted by Crippen LogP contribution is 2.27. The smallest absolute Gasteiger partial charge is 0.116 e. The third kappa shape index (κ3) is 3.27. The molecule has 0 unspecified atom stereocenters. The molecule has 0 bridgehead atoms. The molecule has 0 radical (unpaired) electrons. The van der Waals surface area contributed by atoms with Crippen LogP contribution in [0.4, 0.5) is 0 Å². The third-order valence-corrected chi connectivity index (χ3v) is 2.19. The Hall–Kier alpha value is -1.51. The van der Waals surface area contributed by atoms with E-state index in [1.807, 2.05) is 20.8 Å². The van der Waals surface area contributed by atoms with Crippen LogP contribution in [-0.4, -0.2) is 11.1 Å². The van der Waals surface area contributed by atoms with Crippen LogP contribution in [0.25, 0.3) is 0 Å². The lowest BCUT2D eigenvalue weighted by molar-refractivity contribution is -0.304. The van der Waals surface area contributed by atoms with Crippen LogP contribution in [0, 0.1) is 0 Å². The van der Waals surface area contributed by atoms with Crippen LogP contribution < -0.4 is 5.11 Å². The van der Waals surface area contributed by atoms with Gasteiger partial charge >= 0.3 is 0 Å². The fraction of sp³-hybridized carbons (Fsp3) is 0.417. The molecule has 0 fully saturated rings. The molecule has 0 amide bonds. The number of carbonyl (C=O) groups is 1. The van der Waals surface area contributed by atoms with E-state index in [0.29, 0.717) is 5.56 Å². The van der Waals surface area contributed by atoms with Gasteiger partial charge in [0.2, 0.25) is 0 Å². The molecule has 1 N–H and O–H groups in total. The maximum absolute atomic E-state index is 10.4. The van der Waals surface area contributed by atoms with Crippen molar-refractivity contribution in [2.24, 2.45) is 0 Å². The molecule has 82 valence electrons. The first kappa shape index (κ1) is 11.6. The van der Waals surface area contributed by atoms with Crippen molar-refractivity contribution >= 4 is 5.97 Å². The van der Waals surface area contributed by atoms with Crippen LogP contribution >= 0.6 is 0 Å². The van der Waals surface area contributed by atoms with Crippen LogP contribution in [0.5, 0.6) is 5.75 Å². The molecule has 0 saturated carbocycles. The number of phenolic OH excluding ortho intramolecular Hbond substituents is 1. The first-order chi connectivity index (χ1) is 6.79. The fourth-order valence-corrected chi connectivity index (χ4v) is 1.38. The van der Waals surface area contributed by atoms with Crippen molar-refractivity contribution < 1.29 is 15.0 Å². The number of carboxylic acid groups (broad SMARTS) is 1. The lowest BCUT2D eigenvalue weighted by atomic mass is 9.85. The Morgan fingerprint density at radius 3 is 2.40 bits per heavy atom. The first-order valence-electron chi connectivity index (χ1n) is 4.82. The molecular weight excluding hydrogens is 192 g/mol. The molecule has 0 aliphatic carbocycles. The zero-order valence-corrected chi connectivity index (χ0v) is 9.20. The highest BCUT2D eigenvalue weighted by atomic mass is 16.4. The van der Waals surface area contributed by atoms with Crippen molar-refractivity contribution in [2.45, 2.75) is 32.6 Å². The number of carbonyl (C=O) groups excluding carboxylic acids is 1. The predicted octanol–water partition coefficient (Wildman–Crippen LogP) is 0.982. The van der Waals surface area contributed by atoms with Gasteiger partial charge in [0.15, 0.2) is 0 Å². The molecule has 1 aromatic rings. The molecule has 0 aliphatic rings. The zero-order chi connectivity index (χ0) is 11.6. The van der Waals surface area contributed by atoms with Gasteiger partial charge in [0.1, 0.15) is 5.75 Å². The molecule has 0 saturated heterocycles. The van der Waals surface area contributed by atoms with Gasteiger partial charge in [-0.3, -0.25) is 0 Å². The van der Waals surface area contributed by atoms with Crippen molar-refractivity contribution in [1.29, 1.82) is 0 Å². The lowest BCUT2D eigenvalue weighted by Gasteiger charge is -2.20. The molecule has 3 nitrogen and oxygen atoms in total. The maximum Gasteiger partial charge on any atom is 0.116 e. The van der Waals surface area contributed by atoms with E-state index in [-0.39, 0.29) is 17.6 Å². The number of phenols is 1. The van der Waals surface area contributed by atoms with Crippen molar-refractivity contribution in [3.05, 3.63) is 29.3 Å². The van der Waals surface area contributed by atoms with E-state index in [4.69, 9.17) is 0 Å². The SMILES string of the molecule is CC(C)(C)c1cc(O)cc(CC(=O)[O-])c1. The molecule has 1 rings (SSSR count). The molecule has 3 heteroatoms. The van der Waals surface area contributed by atoms with Gasteiger partial charge in [-0.2, -0.15) is 0 Å². The summed E-state index contributed by atoms with van der Waals surface area (Å²) in [5.41, 5.74) is 1.37. The van der Waals surface area contributed by atoms with Gasteiger partial charge in [-0.05, 0) is 28.7 Å². The Morgan fingerprint density at radius 2 is 1.93 bits per heavy atom. The molecule has 0 atom stereocenters. The van der Waals surface area contributed by atoms with E-state index >= 15 is 0 Å². The molecule has 0 aromatic heterocycles. The van der Waals surface area contributed by atoms with E-state index in [9.17, 15) is 15.0 Å². The fourth-order valence-electron chi connectivity index (χ4n) is 1.38. The van der Waals surface area contributed by atoms with Gasteiger partial charge in [-0.15, -0.1) is 0 Å². The average Bonchev–Trinajstić information content (AvgIpc) is 1.99. The van der Waals surface area contributed by atoms with Crippen LogP contribution in [0.1, 0.15) is 31.9 Å². The monoisotopic (exact) mass is 207 g/mol. The normalized spacial score (nSPS) is 11.4. The van der Waals surface area contributed by atoms with Crippen molar-refractivity contribution in [3.63, 3.8) is 0 Å². The zero-order valence-electron chi connectivity index (χ0n) is 9.20. The Kier molecular flexibility index (Phi) is 3.03. The van der Waals surface area contributed by atoms with Crippen LogP contribution in [-0.2, 0) is 16.6 Å². The summed E-state index contributed by atoms with van der Waals surface area (Å²) in [5.74, 6) is -1.04. The molecule has 15 heavy (non-hydrogen) atoms. The largest absolute Gasteiger partial charge is 0.550 e. The quantitative estimate of drug-likeness (QED) is 0.786. The summed E-state index contributed by atoms with van der Waals surface area (Å²) in [6, 6.07) is 4.89. The van der Waals surface area contributed by atoms with E-state index in [1.54, 1.807) is 12.1 Å². The molecule has 0 aliphatic heterocycles. The Bertz CT molecular complexity index is 375. The van der Waals surface area contributed by atoms with Crippen LogP contribution in [0.15, 0.2) is 18.2 Å². The molecule has 0 spiro atoms. The van der Waals surface area contributed by atoms with Crippen LogP contribution in [0.2, 0.25) is 0 Å². The average molecular weight is 207 g/mol. The Morgan fingerprint density at radius 1 is 1.33 bits per heavy atom. The standard InChI is InChI=1S/C12H16O3/c1-12(2,3)9-4-8(6-11(14)15)5-10(13)7-9/h4-5,7,13H,6H2,1-3H3,(H,14,15)/p-1. The maximum atomic E-state index is 10.4. The van der Waals surface area contributed by atoms with Gasteiger partial charge in [0, 0.05) is 12.4 Å². The van der Waals surface area contributed by atoms with Gasteiger partial charge in [0.25, 0.3) is 0 Å². The third-order valence-electron chi connectivity index (χ3n) is 2.19. The minimum Gasteiger partial charge on any atom is -0.550 e. The second kappa shape index (κ2) is 3.93. The number of aliphatic carboxylic acids is 1. The molecule has 0 heterocycles. The van der Waals surface area contributed by atoms with E-state index in [1.165, 1.54) is 6.07 Å². The number of hydrogen-bond acceptors (Lipinski definition) is 3. The highest BCUT2D eigenvalue weighted by Gasteiger charge is 2.15. The number of rotatable bonds is 2. The topological polar surface area (TPSA) is 60.4 Å². The lowest BCUT2D eigenvalue weighted by Crippen LogP contribution is -2.24. The predicted molar refractivity (Wildman–Crippen MR) is 55.5 cm³/mol. The number of aromatic hydroxyl groups is 1. The second-order valence-electron chi connectivity index (χ2n) is 4.69. The van der Waals surface area contributed by atoms with Gasteiger partial charge < -0.3 is 15.0 Å². The van der Waals surface area contributed by atoms with Crippen LogP contribution in [0.3, 0.4) is 0 Å². The van der Waals surface area contributed by atoms with E-state index in [0.717, 1.165) is 5.56 Å². The second-order valence-corrected chi connectivity index (χ2v) is 4.69. The summed E-state index contributed by atoms with van der Waals surface area (Å²) in [6.45, 7) is 6.01. The Balaban J connectivity index is 3.11. The van der Waals surface area contributed by atoms with E-state index in [2.05, 4.69) is 0 Å². The summed E-state index contributed by atoms with van der Waals surface area (Å²) >= 11 is 0. The van der Waals surface area contributed by atoms with Crippen molar-refractivity contribution in [1.82, 2.24) is 0 Å². The van der Waals surface area contributed by atoms with Gasteiger partial charge in [-0.25, -0.2) is 0 Å². The van der Waals surface area contributed by atoms with Gasteiger partial charge in [-0.1, -0.05) is 26.8 Å². The van der Waals surface area contributed by atoms with Gasteiger partial charge in [0.05, 0.1) is 0 Å².